The van der Waals surface area contributed by atoms with Gasteiger partial charge in [0.25, 0.3) is 0 Å². The molecule has 3 rings (SSSR count). The standard InChI is InChI=1S/C15H16N2O3/c16-12-7-14-15(20-9-19-14)8-13(12)17-11-3-1-10(2-4-11)5-6-18/h1-4,7-8,17-18H,5-6,9,16H2. The largest absolute Gasteiger partial charge is 0.454 e. The maximum absolute atomic E-state index is 8.89. The second-order valence-corrected chi connectivity index (χ2v) is 4.59. The third-order valence-electron chi connectivity index (χ3n) is 3.18. The van der Waals surface area contributed by atoms with E-state index in [0.29, 0.717) is 23.6 Å². The van der Waals surface area contributed by atoms with Crippen LogP contribution < -0.4 is 20.5 Å². The highest BCUT2D eigenvalue weighted by atomic mass is 16.7. The summed E-state index contributed by atoms with van der Waals surface area (Å²) in [7, 11) is 0. The first-order valence-corrected chi connectivity index (χ1v) is 6.42. The summed E-state index contributed by atoms with van der Waals surface area (Å²) in [6.45, 7) is 0.385. The first-order valence-electron chi connectivity index (χ1n) is 6.42. The van der Waals surface area contributed by atoms with Crippen molar-refractivity contribution in [2.24, 2.45) is 0 Å². The summed E-state index contributed by atoms with van der Waals surface area (Å²) < 4.78 is 10.6. The zero-order valence-corrected chi connectivity index (χ0v) is 10.9. The summed E-state index contributed by atoms with van der Waals surface area (Å²) in [4.78, 5) is 0. The average Bonchev–Trinajstić information content (AvgIpc) is 2.89. The Morgan fingerprint density at radius 2 is 1.80 bits per heavy atom. The van der Waals surface area contributed by atoms with Gasteiger partial charge in [0.2, 0.25) is 6.79 Å². The van der Waals surface area contributed by atoms with Gasteiger partial charge in [0.1, 0.15) is 0 Å². The molecule has 0 amide bonds. The predicted octanol–water partition coefficient (Wildman–Crippen LogP) is 2.28. The number of hydrogen-bond donors (Lipinski definition) is 3. The van der Waals surface area contributed by atoms with E-state index in [2.05, 4.69) is 5.32 Å². The Morgan fingerprint density at radius 3 is 2.50 bits per heavy atom. The molecule has 0 spiro atoms. The van der Waals surface area contributed by atoms with Crippen LogP contribution in [0.1, 0.15) is 5.56 Å². The highest BCUT2D eigenvalue weighted by Crippen LogP contribution is 2.39. The molecule has 20 heavy (non-hydrogen) atoms. The Balaban J connectivity index is 1.80. The number of ether oxygens (including phenoxy) is 2. The highest BCUT2D eigenvalue weighted by molar-refractivity contribution is 5.76. The van der Waals surface area contributed by atoms with Gasteiger partial charge in [-0.3, -0.25) is 0 Å². The van der Waals surface area contributed by atoms with Crippen LogP contribution in [0.15, 0.2) is 36.4 Å². The Labute approximate surface area is 116 Å². The van der Waals surface area contributed by atoms with E-state index >= 15 is 0 Å². The van der Waals surface area contributed by atoms with Crippen LogP contribution in [0.2, 0.25) is 0 Å². The van der Waals surface area contributed by atoms with Crippen LogP contribution in [0.3, 0.4) is 0 Å². The zero-order chi connectivity index (χ0) is 13.9. The van der Waals surface area contributed by atoms with Crippen molar-refractivity contribution in [3.8, 4) is 11.5 Å². The number of hydrogen-bond acceptors (Lipinski definition) is 5. The van der Waals surface area contributed by atoms with Crippen molar-refractivity contribution >= 4 is 17.1 Å². The Morgan fingerprint density at radius 1 is 1.10 bits per heavy atom. The summed E-state index contributed by atoms with van der Waals surface area (Å²) in [5.41, 5.74) is 9.40. The Hall–Kier alpha value is -2.40. The molecule has 0 unspecified atom stereocenters. The van der Waals surface area contributed by atoms with Crippen LogP contribution in [-0.4, -0.2) is 18.5 Å². The second-order valence-electron chi connectivity index (χ2n) is 4.59. The zero-order valence-electron chi connectivity index (χ0n) is 10.9. The van der Waals surface area contributed by atoms with Crippen molar-refractivity contribution in [3.63, 3.8) is 0 Å². The molecule has 0 saturated carbocycles. The molecule has 5 nitrogen and oxygen atoms in total. The number of rotatable bonds is 4. The Bertz CT molecular complexity index is 611. The number of benzene rings is 2. The van der Waals surface area contributed by atoms with Crippen molar-refractivity contribution < 1.29 is 14.6 Å². The smallest absolute Gasteiger partial charge is 0.231 e. The fourth-order valence-corrected chi connectivity index (χ4v) is 2.11. The molecule has 0 atom stereocenters. The van der Waals surface area contributed by atoms with Gasteiger partial charge < -0.3 is 25.6 Å². The van der Waals surface area contributed by atoms with Gasteiger partial charge in [0.15, 0.2) is 11.5 Å². The lowest BCUT2D eigenvalue weighted by Crippen LogP contribution is -1.97. The molecule has 0 bridgehead atoms. The van der Waals surface area contributed by atoms with Crippen LogP contribution in [0.5, 0.6) is 11.5 Å². The van der Waals surface area contributed by atoms with E-state index in [4.69, 9.17) is 20.3 Å². The molecule has 0 fully saturated rings. The van der Waals surface area contributed by atoms with Crippen LogP contribution >= 0.6 is 0 Å². The number of nitrogens with two attached hydrogens (primary N) is 1. The van der Waals surface area contributed by atoms with Gasteiger partial charge in [-0.15, -0.1) is 0 Å². The summed E-state index contributed by atoms with van der Waals surface area (Å²) in [5, 5.41) is 12.1. The monoisotopic (exact) mass is 272 g/mol. The summed E-state index contributed by atoms with van der Waals surface area (Å²) in [6.07, 6.45) is 0.659. The van der Waals surface area contributed by atoms with Crippen molar-refractivity contribution in [3.05, 3.63) is 42.0 Å². The van der Waals surface area contributed by atoms with E-state index in [1.165, 1.54) is 0 Å². The SMILES string of the molecule is Nc1cc2c(cc1Nc1ccc(CCO)cc1)OCO2. The third kappa shape index (κ3) is 2.48. The van der Waals surface area contributed by atoms with E-state index in [1.807, 2.05) is 30.3 Å². The first kappa shape index (κ1) is 12.6. The van der Waals surface area contributed by atoms with Crippen LogP contribution in [0.4, 0.5) is 17.1 Å². The van der Waals surface area contributed by atoms with Crippen molar-refractivity contribution in [1.29, 1.82) is 0 Å². The molecule has 104 valence electrons. The van der Waals surface area contributed by atoms with Crippen LogP contribution in [-0.2, 0) is 6.42 Å². The van der Waals surface area contributed by atoms with E-state index in [1.54, 1.807) is 6.07 Å². The van der Waals surface area contributed by atoms with E-state index < -0.39 is 0 Å². The molecule has 0 radical (unpaired) electrons. The molecular formula is C15H16N2O3. The van der Waals surface area contributed by atoms with Gasteiger partial charge in [-0.25, -0.2) is 0 Å². The van der Waals surface area contributed by atoms with Gasteiger partial charge in [0, 0.05) is 24.4 Å². The Kier molecular flexibility index (Phi) is 3.35. The lowest BCUT2D eigenvalue weighted by molar-refractivity contribution is 0.174. The first-order chi connectivity index (χ1) is 9.76. The van der Waals surface area contributed by atoms with Gasteiger partial charge in [-0.05, 0) is 24.1 Å². The fourth-order valence-electron chi connectivity index (χ4n) is 2.11. The van der Waals surface area contributed by atoms with Crippen molar-refractivity contribution in [1.82, 2.24) is 0 Å². The fraction of sp³-hybridized carbons (Fsp3) is 0.200. The minimum Gasteiger partial charge on any atom is -0.454 e. The topological polar surface area (TPSA) is 76.7 Å². The quantitative estimate of drug-likeness (QED) is 0.744. The minimum atomic E-state index is 0.155. The molecule has 1 aliphatic heterocycles. The number of fused-ring (bicyclic) bond motifs is 1. The van der Waals surface area contributed by atoms with Crippen LogP contribution in [0, 0.1) is 0 Å². The number of anilines is 3. The molecular weight excluding hydrogens is 256 g/mol. The van der Waals surface area contributed by atoms with E-state index in [0.717, 1.165) is 16.9 Å². The maximum atomic E-state index is 8.89. The van der Waals surface area contributed by atoms with E-state index in [-0.39, 0.29) is 13.4 Å². The number of nitrogen functional groups attached to an aromatic ring is 1. The van der Waals surface area contributed by atoms with Gasteiger partial charge >= 0.3 is 0 Å². The van der Waals surface area contributed by atoms with Gasteiger partial charge in [-0.2, -0.15) is 0 Å². The average molecular weight is 272 g/mol. The molecule has 2 aromatic rings. The molecule has 1 aliphatic rings. The number of aliphatic hydroxyl groups is 1. The highest BCUT2D eigenvalue weighted by Gasteiger charge is 2.16. The van der Waals surface area contributed by atoms with Crippen molar-refractivity contribution in [2.45, 2.75) is 6.42 Å². The van der Waals surface area contributed by atoms with Crippen LogP contribution in [0.25, 0.3) is 0 Å². The summed E-state index contributed by atoms with van der Waals surface area (Å²) >= 11 is 0. The molecule has 4 N–H and O–H groups in total. The normalized spacial score (nSPS) is 12.4. The molecule has 0 aromatic heterocycles. The molecule has 5 heteroatoms. The number of nitrogens with one attached hydrogen (secondary N) is 1. The lowest BCUT2D eigenvalue weighted by atomic mass is 10.1. The summed E-state index contributed by atoms with van der Waals surface area (Å²) in [5.74, 6) is 1.37. The molecule has 0 aliphatic carbocycles. The van der Waals surface area contributed by atoms with E-state index in [9.17, 15) is 0 Å². The molecule has 0 saturated heterocycles. The lowest BCUT2D eigenvalue weighted by Gasteiger charge is -2.11. The predicted molar refractivity (Wildman–Crippen MR) is 77.5 cm³/mol. The van der Waals surface area contributed by atoms with Crippen molar-refractivity contribution in [2.75, 3.05) is 24.5 Å². The molecule has 2 aromatic carbocycles. The van der Waals surface area contributed by atoms with Gasteiger partial charge in [0.05, 0.1) is 11.4 Å². The maximum Gasteiger partial charge on any atom is 0.231 e. The third-order valence-corrected chi connectivity index (χ3v) is 3.18. The minimum absolute atomic E-state index is 0.155. The molecule has 1 heterocycles. The summed E-state index contributed by atoms with van der Waals surface area (Å²) in [6, 6.07) is 11.4. The number of aliphatic hydroxyl groups excluding tert-OH is 1. The second kappa shape index (κ2) is 5.30. The van der Waals surface area contributed by atoms with Gasteiger partial charge in [-0.1, -0.05) is 12.1 Å².